The van der Waals surface area contributed by atoms with E-state index in [0.29, 0.717) is 18.8 Å². The van der Waals surface area contributed by atoms with E-state index < -0.39 is 42.1 Å². The zero-order valence-electron chi connectivity index (χ0n) is 18.0. The van der Waals surface area contributed by atoms with Gasteiger partial charge in [0.15, 0.2) is 6.10 Å². The normalized spacial score (nSPS) is 25.8. The summed E-state index contributed by atoms with van der Waals surface area (Å²) in [5.41, 5.74) is -0.667. The molecule has 0 bridgehead atoms. The number of aromatic nitrogens is 1. The van der Waals surface area contributed by atoms with E-state index in [1.165, 1.54) is 12.1 Å². The standard InChI is InChI=1S/C22H25F4N3O5/c23-14-10-13(4-5-15(14)29-8-6-27-7-9-29)32-11-16-20(30)21(31)17(12-33-16)34-19-3-1-2-18(28-19)22(24,25)26/h1-5,10,16-17,20-21,27,30-31H,6-9,11-12H2/t16-,17+,20+,21-/m1/s1. The third kappa shape index (κ3) is 5.69. The maximum absolute atomic E-state index is 14.5. The molecule has 2 aromatic rings. The Morgan fingerprint density at radius 3 is 2.59 bits per heavy atom. The summed E-state index contributed by atoms with van der Waals surface area (Å²) in [7, 11) is 0. The van der Waals surface area contributed by atoms with Gasteiger partial charge < -0.3 is 34.6 Å². The van der Waals surface area contributed by atoms with E-state index in [0.717, 1.165) is 25.2 Å². The first kappa shape index (κ1) is 24.5. The van der Waals surface area contributed by atoms with Crippen LogP contribution in [0.4, 0.5) is 23.2 Å². The number of nitrogens with zero attached hydrogens (tertiary/aromatic N) is 2. The molecule has 0 amide bonds. The molecule has 0 spiro atoms. The second-order valence-corrected chi connectivity index (χ2v) is 8.03. The maximum atomic E-state index is 14.5. The highest BCUT2D eigenvalue weighted by atomic mass is 19.4. The van der Waals surface area contributed by atoms with Crippen LogP contribution < -0.4 is 19.7 Å². The molecule has 0 aliphatic carbocycles. The lowest BCUT2D eigenvalue weighted by atomic mass is 10.0. The molecule has 3 N–H and O–H groups in total. The van der Waals surface area contributed by atoms with Crippen molar-refractivity contribution in [1.29, 1.82) is 0 Å². The number of anilines is 1. The van der Waals surface area contributed by atoms with Crippen LogP contribution in [0, 0.1) is 5.82 Å². The second kappa shape index (κ2) is 10.3. The number of rotatable bonds is 6. The van der Waals surface area contributed by atoms with Crippen LogP contribution in [0.5, 0.6) is 11.6 Å². The van der Waals surface area contributed by atoms with Crippen molar-refractivity contribution in [3.63, 3.8) is 0 Å². The van der Waals surface area contributed by atoms with Gasteiger partial charge in [-0.15, -0.1) is 0 Å². The molecule has 0 unspecified atom stereocenters. The molecule has 2 saturated heterocycles. The molecule has 12 heteroatoms. The Hall–Kier alpha value is -2.67. The highest BCUT2D eigenvalue weighted by Crippen LogP contribution is 2.30. The molecule has 3 heterocycles. The predicted molar refractivity (Wildman–Crippen MR) is 112 cm³/mol. The average Bonchev–Trinajstić information content (AvgIpc) is 2.82. The number of hydrogen-bond acceptors (Lipinski definition) is 8. The first-order chi connectivity index (χ1) is 16.2. The summed E-state index contributed by atoms with van der Waals surface area (Å²) < 4.78 is 69.4. The number of nitrogens with one attached hydrogen (secondary N) is 1. The molecule has 1 aromatic carbocycles. The Morgan fingerprint density at radius 2 is 1.88 bits per heavy atom. The fourth-order valence-corrected chi connectivity index (χ4v) is 3.82. The van der Waals surface area contributed by atoms with Gasteiger partial charge in [0.1, 0.15) is 42.2 Å². The van der Waals surface area contributed by atoms with Gasteiger partial charge in [-0.2, -0.15) is 13.2 Å². The zero-order chi connectivity index (χ0) is 24.3. The van der Waals surface area contributed by atoms with E-state index in [-0.39, 0.29) is 24.8 Å². The van der Waals surface area contributed by atoms with Crippen molar-refractivity contribution < 1.29 is 42.0 Å². The molecule has 34 heavy (non-hydrogen) atoms. The van der Waals surface area contributed by atoms with E-state index in [1.807, 2.05) is 4.90 Å². The molecule has 4 rings (SSSR count). The first-order valence-electron chi connectivity index (χ1n) is 10.8. The molecule has 186 valence electrons. The van der Waals surface area contributed by atoms with Crippen molar-refractivity contribution in [2.75, 3.05) is 44.3 Å². The number of benzene rings is 1. The number of ether oxygens (including phenoxy) is 3. The number of alkyl halides is 3. The summed E-state index contributed by atoms with van der Waals surface area (Å²) in [5.74, 6) is -0.566. The Bertz CT molecular complexity index is 974. The van der Waals surface area contributed by atoms with E-state index in [1.54, 1.807) is 12.1 Å². The van der Waals surface area contributed by atoms with Crippen LogP contribution in [-0.2, 0) is 10.9 Å². The SMILES string of the molecule is O[C@@H]1[C@H](O)[C@@H](Oc2cccc(C(F)(F)F)n2)CO[C@@H]1COc1ccc(N2CCNCC2)c(F)c1. The van der Waals surface area contributed by atoms with Crippen LogP contribution in [0.1, 0.15) is 5.69 Å². The first-order valence-corrected chi connectivity index (χ1v) is 10.8. The van der Waals surface area contributed by atoms with Crippen LogP contribution in [0.15, 0.2) is 36.4 Å². The van der Waals surface area contributed by atoms with E-state index in [2.05, 4.69) is 10.3 Å². The van der Waals surface area contributed by atoms with Gasteiger partial charge in [0.05, 0.1) is 12.3 Å². The monoisotopic (exact) mass is 487 g/mol. The molecule has 2 aliphatic heterocycles. The smallest absolute Gasteiger partial charge is 0.433 e. The lowest BCUT2D eigenvalue weighted by Crippen LogP contribution is -2.56. The van der Waals surface area contributed by atoms with Crippen molar-refractivity contribution >= 4 is 5.69 Å². The molecular formula is C22H25F4N3O5. The molecule has 4 atom stereocenters. The minimum absolute atomic E-state index is 0.181. The van der Waals surface area contributed by atoms with E-state index in [4.69, 9.17) is 14.2 Å². The van der Waals surface area contributed by atoms with Crippen molar-refractivity contribution in [1.82, 2.24) is 10.3 Å². The number of halogens is 4. The minimum atomic E-state index is -4.65. The summed E-state index contributed by atoms with van der Waals surface area (Å²) in [6, 6.07) is 7.60. The molecular weight excluding hydrogens is 462 g/mol. The van der Waals surface area contributed by atoms with Crippen LogP contribution >= 0.6 is 0 Å². The number of aliphatic hydroxyl groups excluding tert-OH is 2. The molecule has 0 saturated carbocycles. The largest absolute Gasteiger partial charge is 0.491 e. The molecule has 1 aromatic heterocycles. The Balaban J connectivity index is 1.32. The Labute approximate surface area is 193 Å². The summed E-state index contributed by atoms with van der Waals surface area (Å²) in [6.07, 6.45) is -9.66. The predicted octanol–water partition coefficient (Wildman–Crippen LogP) is 1.60. The number of hydrogen-bond donors (Lipinski definition) is 3. The molecule has 8 nitrogen and oxygen atoms in total. The molecule has 2 fully saturated rings. The van der Waals surface area contributed by atoms with Gasteiger partial charge in [-0.05, 0) is 18.2 Å². The van der Waals surface area contributed by atoms with Gasteiger partial charge in [-0.25, -0.2) is 9.37 Å². The van der Waals surface area contributed by atoms with Gasteiger partial charge in [-0.1, -0.05) is 6.07 Å². The van der Waals surface area contributed by atoms with Gasteiger partial charge in [0, 0.05) is 38.3 Å². The van der Waals surface area contributed by atoms with Crippen molar-refractivity contribution in [3.8, 4) is 11.6 Å². The Morgan fingerprint density at radius 1 is 1.12 bits per heavy atom. The van der Waals surface area contributed by atoms with Gasteiger partial charge in [-0.3, -0.25) is 0 Å². The third-order valence-electron chi connectivity index (χ3n) is 5.66. The molecule has 2 aliphatic rings. The van der Waals surface area contributed by atoms with Gasteiger partial charge in [0.2, 0.25) is 5.88 Å². The lowest BCUT2D eigenvalue weighted by Gasteiger charge is -2.37. The average molecular weight is 487 g/mol. The van der Waals surface area contributed by atoms with Crippen molar-refractivity contribution in [2.45, 2.75) is 30.6 Å². The van der Waals surface area contributed by atoms with E-state index >= 15 is 0 Å². The lowest BCUT2D eigenvalue weighted by molar-refractivity contribution is -0.187. The number of pyridine rings is 1. The molecule has 0 radical (unpaired) electrons. The fraction of sp³-hybridized carbons (Fsp3) is 0.500. The minimum Gasteiger partial charge on any atom is -0.491 e. The van der Waals surface area contributed by atoms with Crippen LogP contribution in [0.3, 0.4) is 0 Å². The van der Waals surface area contributed by atoms with Crippen LogP contribution in [-0.4, -0.2) is 79.0 Å². The highest BCUT2D eigenvalue weighted by Gasteiger charge is 2.41. The number of piperazine rings is 1. The summed E-state index contributed by atoms with van der Waals surface area (Å²) >= 11 is 0. The zero-order valence-corrected chi connectivity index (χ0v) is 18.0. The number of aliphatic hydroxyl groups is 2. The van der Waals surface area contributed by atoms with Gasteiger partial charge in [0.25, 0.3) is 0 Å². The second-order valence-electron chi connectivity index (χ2n) is 8.03. The van der Waals surface area contributed by atoms with Crippen molar-refractivity contribution in [2.24, 2.45) is 0 Å². The van der Waals surface area contributed by atoms with Gasteiger partial charge >= 0.3 is 6.18 Å². The summed E-state index contributed by atoms with van der Waals surface area (Å²) in [6.45, 7) is 2.52. The topological polar surface area (TPSA) is 96.3 Å². The Kier molecular flexibility index (Phi) is 7.41. The van der Waals surface area contributed by atoms with Crippen LogP contribution in [0.2, 0.25) is 0 Å². The quantitative estimate of drug-likeness (QED) is 0.529. The summed E-state index contributed by atoms with van der Waals surface area (Å²) in [4.78, 5) is 5.31. The van der Waals surface area contributed by atoms with Crippen molar-refractivity contribution in [3.05, 3.63) is 47.9 Å². The summed E-state index contributed by atoms with van der Waals surface area (Å²) in [5, 5.41) is 24.0. The third-order valence-corrected chi connectivity index (χ3v) is 5.66. The van der Waals surface area contributed by atoms with E-state index in [9.17, 15) is 27.8 Å². The van der Waals surface area contributed by atoms with Crippen LogP contribution in [0.25, 0.3) is 0 Å². The highest BCUT2D eigenvalue weighted by molar-refractivity contribution is 5.51. The maximum Gasteiger partial charge on any atom is 0.433 e. The fourth-order valence-electron chi connectivity index (χ4n) is 3.82.